The number of amides is 1. The maximum absolute atomic E-state index is 14.0. The quantitative estimate of drug-likeness (QED) is 0.480. The number of nitrogens with two attached hydrogens (primary N) is 1. The lowest BCUT2D eigenvalue weighted by Gasteiger charge is -2.37. The zero-order valence-electron chi connectivity index (χ0n) is 19.8. The number of nitrogens with one attached hydrogen (secondary N) is 1. The minimum atomic E-state index is -2.18. The lowest BCUT2D eigenvalue weighted by molar-refractivity contribution is -0.177. The maximum atomic E-state index is 14.0. The first-order valence-electron chi connectivity index (χ1n) is 11.7. The summed E-state index contributed by atoms with van der Waals surface area (Å²) in [5.74, 6) is -2.03. The number of Topliss-reactive ketones (excluding diaryl/α,β-unsaturated/α-hetero) is 1. The fourth-order valence-corrected chi connectivity index (χ4v) is 5.68. The molecule has 180 valence electrons. The highest BCUT2D eigenvalue weighted by Crippen LogP contribution is 2.59. The Hall–Kier alpha value is -2.94. The second-order valence-corrected chi connectivity index (χ2v) is 10.1. The number of anilines is 1. The third-order valence-corrected chi connectivity index (χ3v) is 7.65. The number of likely N-dealkylation sites (N-methyl/N-ethyl adjacent to an activating group) is 1. The predicted molar refractivity (Wildman–Crippen MR) is 126 cm³/mol. The zero-order valence-corrected chi connectivity index (χ0v) is 19.8. The first kappa shape index (κ1) is 22.8. The van der Waals surface area contributed by atoms with Crippen molar-refractivity contribution in [2.75, 3.05) is 19.8 Å². The summed E-state index contributed by atoms with van der Waals surface area (Å²) >= 11 is 0. The van der Waals surface area contributed by atoms with Gasteiger partial charge in [0.25, 0.3) is 5.79 Å². The topological polar surface area (TPSA) is 125 Å². The number of nitrogens with zero attached hydrogens (tertiary/aromatic N) is 1. The van der Waals surface area contributed by atoms with Crippen LogP contribution >= 0.6 is 0 Å². The number of aliphatic hydroxyl groups is 2. The molecule has 1 amide bonds. The molecule has 8 heteroatoms. The smallest absolute Gasteiger partial charge is 0.271 e. The van der Waals surface area contributed by atoms with Gasteiger partial charge in [-0.3, -0.25) is 14.5 Å². The molecule has 2 aliphatic carbocycles. The Morgan fingerprint density at radius 3 is 2.53 bits per heavy atom. The van der Waals surface area contributed by atoms with Crippen LogP contribution in [0.3, 0.4) is 0 Å². The van der Waals surface area contributed by atoms with Crippen LogP contribution in [0.5, 0.6) is 5.75 Å². The lowest BCUT2D eigenvalue weighted by atomic mass is 9.81. The number of hydrogen-bond donors (Lipinski definition) is 4. The highest BCUT2D eigenvalue weighted by molar-refractivity contribution is 6.15. The number of fused-ring (bicyclic) bond motifs is 5. The van der Waals surface area contributed by atoms with Gasteiger partial charge >= 0.3 is 0 Å². The average molecular weight is 466 g/mol. The Morgan fingerprint density at radius 1 is 1.21 bits per heavy atom. The van der Waals surface area contributed by atoms with Gasteiger partial charge in [0.05, 0.1) is 11.7 Å². The van der Waals surface area contributed by atoms with Gasteiger partial charge in [0, 0.05) is 16.8 Å². The van der Waals surface area contributed by atoms with E-state index in [-0.39, 0.29) is 16.8 Å². The van der Waals surface area contributed by atoms with Gasteiger partial charge in [-0.2, -0.15) is 0 Å². The average Bonchev–Trinajstić information content (AvgIpc) is 3.55. The number of carbonyl (C=O) groups excluding carboxylic acids is 2. The molecule has 5 rings (SSSR count). The molecular formula is C26H31N3O5. The Bertz CT molecular complexity index is 1180. The first-order chi connectivity index (χ1) is 16.0. The van der Waals surface area contributed by atoms with Crippen LogP contribution in [0.15, 0.2) is 36.4 Å². The molecule has 0 aromatic heterocycles. The molecule has 1 fully saturated rings. The standard InChI is InChI=1S/C26H31N3O5/c1-13(15-8-9-15)16-10-11-17-20(12-16)34-26(33)18-6-5-7-19(27)21(18)23(31)25(17,26)28-24(32)22(14(2)30)29(3)4/h5-7,10-15,22,30,33H,8-9,27H2,1-4H3,(H,28,32)/t13-,14?,22?,25?,26?/m1/s1. The highest BCUT2D eigenvalue weighted by Gasteiger charge is 2.72. The van der Waals surface area contributed by atoms with Crippen LogP contribution in [-0.4, -0.2) is 53.0 Å². The van der Waals surface area contributed by atoms with E-state index in [1.54, 1.807) is 43.3 Å². The molecule has 2 aromatic rings. The van der Waals surface area contributed by atoms with Crippen molar-refractivity contribution >= 4 is 17.4 Å². The Morgan fingerprint density at radius 2 is 1.91 bits per heavy atom. The maximum Gasteiger partial charge on any atom is 0.271 e. The van der Waals surface area contributed by atoms with Crippen molar-refractivity contribution in [1.82, 2.24) is 10.2 Å². The molecule has 4 unspecified atom stereocenters. The normalized spacial score (nSPS) is 27.4. The minimum absolute atomic E-state index is 0.129. The molecule has 34 heavy (non-hydrogen) atoms. The molecule has 1 saturated carbocycles. The van der Waals surface area contributed by atoms with Crippen molar-refractivity contribution < 1.29 is 24.5 Å². The number of aliphatic hydroxyl groups excluding tert-OH is 1. The monoisotopic (exact) mass is 465 g/mol. The fourth-order valence-electron chi connectivity index (χ4n) is 5.68. The second kappa shape index (κ2) is 7.53. The molecule has 3 aliphatic rings. The van der Waals surface area contributed by atoms with Crippen molar-refractivity contribution in [2.45, 2.75) is 56.1 Å². The molecule has 2 aromatic carbocycles. The summed E-state index contributed by atoms with van der Waals surface area (Å²) in [6.45, 7) is 3.66. The van der Waals surface area contributed by atoms with Crippen molar-refractivity contribution in [3.8, 4) is 5.75 Å². The van der Waals surface area contributed by atoms with E-state index in [0.29, 0.717) is 23.1 Å². The van der Waals surface area contributed by atoms with Gasteiger partial charge in [-0.1, -0.05) is 31.2 Å². The summed E-state index contributed by atoms with van der Waals surface area (Å²) in [6, 6.07) is 9.41. The summed E-state index contributed by atoms with van der Waals surface area (Å²) < 4.78 is 6.15. The number of benzene rings is 2. The number of hydrogen-bond acceptors (Lipinski definition) is 7. The van der Waals surface area contributed by atoms with Gasteiger partial charge < -0.3 is 26.0 Å². The number of ether oxygens (including phenoxy) is 1. The summed E-state index contributed by atoms with van der Waals surface area (Å²) in [5, 5.41) is 25.1. The summed E-state index contributed by atoms with van der Waals surface area (Å²) in [4.78, 5) is 29.0. The van der Waals surface area contributed by atoms with Crippen LogP contribution in [0.1, 0.15) is 59.7 Å². The Balaban J connectivity index is 1.68. The van der Waals surface area contributed by atoms with Crippen LogP contribution in [0.2, 0.25) is 0 Å². The second-order valence-electron chi connectivity index (χ2n) is 10.1. The van der Waals surface area contributed by atoms with Gasteiger partial charge in [0.2, 0.25) is 17.2 Å². The SMILES string of the molecule is CC(O)C(C(=O)NC12C(=O)c3c(N)cccc3C1(O)Oc1cc([C@H](C)C3CC3)ccc12)N(C)C. The summed E-state index contributed by atoms with van der Waals surface area (Å²) in [7, 11) is 3.32. The van der Waals surface area contributed by atoms with Crippen molar-refractivity contribution in [3.63, 3.8) is 0 Å². The van der Waals surface area contributed by atoms with E-state index < -0.39 is 35.2 Å². The Labute approximate surface area is 198 Å². The van der Waals surface area contributed by atoms with Gasteiger partial charge in [-0.25, -0.2) is 0 Å². The third kappa shape index (κ3) is 2.95. The number of nitrogen functional groups attached to an aromatic ring is 1. The van der Waals surface area contributed by atoms with E-state index in [4.69, 9.17) is 10.5 Å². The van der Waals surface area contributed by atoms with Crippen LogP contribution in [0, 0.1) is 5.92 Å². The lowest BCUT2D eigenvalue weighted by Crippen LogP contribution is -2.64. The molecule has 0 bridgehead atoms. The molecule has 0 spiro atoms. The zero-order chi connectivity index (χ0) is 24.6. The first-order valence-corrected chi connectivity index (χ1v) is 11.7. The molecule has 5 atom stereocenters. The molecule has 0 saturated heterocycles. The van der Waals surface area contributed by atoms with Crippen molar-refractivity contribution in [2.24, 2.45) is 5.92 Å². The van der Waals surface area contributed by atoms with E-state index in [1.807, 2.05) is 12.1 Å². The Kier molecular flexibility index (Phi) is 5.06. The van der Waals surface area contributed by atoms with Crippen LogP contribution in [-0.2, 0) is 16.1 Å². The van der Waals surface area contributed by atoms with Crippen LogP contribution in [0.25, 0.3) is 0 Å². The summed E-state index contributed by atoms with van der Waals surface area (Å²) in [5.41, 5.74) is 6.19. The molecular weight excluding hydrogens is 434 g/mol. The molecule has 1 aliphatic heterocycles. The molecule has 0 radical (unpaired) electrons. The van der Waals surface area contributed by atoms with Gasteiger partial charge in [-0.05, 0) is 63.4 Å². The largest absolute Gasteiger partial charge is 0.454 e. The number of ketones is 1. The fraction of sp³-hybridized carbons (Fsp3) is 0.462. The van der Waals surface area contributed by atoms with E-state index in [0.717, 1.165) is 5.56 Å². The van der Waals surface area contributed by atoms with E-state index >= 15 is 0 Å². The van der Waals surface area contributed by atoms with Crippen molar-refractivity contribution in [1.29, 1.82) is 0 Å². The highest BCUT2D eigenvalue weighted by atomic mass is 16.6. The van der Waals surface area contributed by atoms with Crippen LogP contribution in [0.4, 0.5) is 5.69 Å². The van der Waals surface area contributed by atoms with E-state index in [9.17, 15) is 19.8 Å². The predicted octanol–water partition coefficient (Wildman–Crippen LogP) is 1.84. The van der Waals surface area contributed by atoms with Crippen molar-refractivity contribution in [3.05, 3.63) is 58.7 Å². The van der Waals surface area contributed by atoms with E-state index in [2.05, 4.69) is 12.2 Å². The van der Waals surface area contributed by atoms with E-state index in [1.165, 1.54) is 19.8 Å². The number of carbonyl (C=O) groups is 2. The summed E-state index contributed by atoms with van der Waals surface area (Å²) in [6.07, 6.45) is 1.34. The third-order valence-electron chi connectivity index (χ3n) is 7.65. The number of rotatable bonds is 6. The van der Waals surface area contributed by atoms with Gasteiger partial charge in [-0.15, -0.1) is 0 Å². The minimum Gasteiger partial charge on any atom is -0.454 e. The van der Waals surface area contributed by atoms with Gasteiger partial charge in [0.15, 0.2) is 0 Å². The van der Waals surface area contributed by atoms with Gasteiger partial charge in [0.1, 0.15) is 11.8 Å². The molecule has 5 N–H and O–H groups in total. The molecule has 8 nitrogen and oxygen atoms in total. The molecule has 1 heterocycles. The van der Waals surface area contributed by atoms with Crippen LogP contribution < -0.4 is 15.8 Å².